The van der Waals surface area contributed by atoms with Crippen molar-refractivity contribution >= 4 is 44.8 Å². The molecule has 7 nitrogen and oxygen atoms in total. The number of hydrogen-bond donors (Lipinski definition) is 1. The van der Waals surface area contributed by atoms with E-state index >= 15 is 0 Å². The average molecular weight is 467 g/mol. The lowest BCUT2D eigenvalue weighted by Gasteiger charge is -2.25. The molecule has 158 valence electrons. The molecule has 0 unspecified atom stereocenters. The maximum absolute atomic E-state index is 13.3. The topological polar surface area (TPSA) is 84.3 Å². The predicted octanol–water partition coefficient (Wildman–Crippen LogP) is 3.59. The van der Waals surface area contributed by atoms with Crippen molar-refractivity contribution in [1.29, 1.82) is 0 Å². The molecule has 0 atom stereocenters. The predicted molar refractivity (Wildman–Crippen MR) is 117 cm³/mol. The second-order valence-corrected chi connectivity index (χ2v) is 9.13. The molecule has 3 aromatic rings. The lowest BCUT2D eigenvalue weighted by atomic mass is 10.3. The lowest BCUT2D eigenvalue weighted by molar-refractivity contribution is -0.119. The molecule has 0 aliphatic heterocycles. The Morgan fingerprint density at radius 3 is 2.60 bits per heavy atom. The molecule has 0 saturated carbocycles. The maximum Gasteiger partial charge on any atom is 0.264 e. The number of aromatic nitrogens is 2. The molecule has 0 fully saturated rings. The third-order valence-corrected chi connectivity index (χ3v) is 6.60. The standard InChI is InChI=1S/C20H20Cl2N4O3S/c21-16-7-8-18(22)19(13-16)26(30(28,29)17-5-2-1-3-6-17)14-20(27)24-9-4-11-25-12-10-23-15-25/h1-3,5-8,10,12-13,15H,4,9,11,14H2,(H,24,27). The zero-order valence-corrected chi connectivity index (χ0v) is 18.2. The van der Waals surface area contributed by atoms with Gasteiger partial charge in [0, 0.05) is 30.5 Å². The van der Waals surface area contributed by atoms with E-state index in [2.05, 4.69) is 10.3 Å². The van der Waals surface area contributed by atoms with E-state index in [-0.39, 0.29) is 15.6 Å². The number of rotatable bonds is 9. The molecule has 1 N–H and O–H groups in total. The largest absolute Gasteiger partial charge is 0.354 e. The molecule has 0 radical (unpaired) electrons. The van der Waals surface area contributed by atoms with Gasteiger partial charge in [-0.15, -0.1) is 0 Å². The van der Waals surface area contributed by atoms with Gasteiger partial charge < -0.3 is 9.88 Å². The van der Waals surface area contributed by atoms with Gasteiger partial charge in [-0.25, -0.2) is 13.4 Å². The van der Waals surface area contributed by atoms with Crippen LogP contribution < -0.4 is 9.62 Å². The first kappa shape index (κ1) is 22.1. The van der Waals surface area contributed by atoms with E-state index in [0.29, 0.717) is 24.5 Å². The summed E-state index contributed by atoms with van der Waals surface area (Å²) in [5.74, 6) is -0.448. The number of imidazole rings is 1. The zero-order chi connectivity index (χ0) is 21.6. The number of anilines is 1. The van der Waals surface area contributed by atoms with Gasteiger partial charge in [-0.05, 0) is 36.8 Å². The molecule has 0 bridgehead atoms. The fourth-order valence-electron chi connectivity index (χ4n) is 2.79. The lowest BCUT2D eigenvalue weighted by Crippen LogP contribution is -2.41. The van der Waals surface area contributed by atoms with Gasteiger partial charge >= 0.3 is 0 Å². The van der Waals surface area contributed by atoms with Crippen molar-refractivity contribution in [2.45, 2.75) is 17.9 Å². The summed E-state index contributed by atoms with van der Waals surface area (Å²) < 4.78 is 29.4. The highest BCUT2D eigenvalue weighted by atomic mass is 35.5. The van der Waals surface area contributed by atoms with Gasteiger partial charge in [-0.2, -0.15) is 0 Å². The number of nitrogens with one attached hydrogen (secondary N) is 1. The summed E-state index contributed by atoms with van der Waals surface area (Å²) in [6.45, 7) is 0.647. The van der Waals surface area contributed by atoms with Gasteiger partial charge in [0.1, 0.15) is 6.54 Å². The first-order chi connectivity index (χ1) is 14.4. The van der Waals surface area contributed by atoms with Crippen LogP contribution >= 0.6 is 23.2 Å². The third kappa shape index (κ3) is 5.53. The molecule has 30 heavy (non-hydrogen) atoms. The number of aryl methyl sites for hydroxylation is 1. The van der Waals surface area contributed by atoms with Gasteiger partial charge in [-0.1, -0.05) is 41.4 Å². The smallest absolute Gasteiger partial charge is 0.264 e. The van der Waals surface area contributed by atoms with Crippen molar-refractivity contribution in [3.63, 3.8) is 0 Å². The highest BCUT2D eigenvalue weighted by Crippen LogP contribution is 2.32. The van der Waals surface area contributed by atoms with Gasteiger partial charge in [-0.3, -0.25) is 9.10 Å². The van der Waals surface area contributed by atoms with E-state index in [1.54, 1.807) is 36.8 Å². The quantitative estimate of drug-likeness (QED) is 0.488. The number of carbonyl (C=O) groups is 1. The third-order valence-electron chi connectivity index (χ3n) is 4.27. The van der Waals surface area contributed by atoms with Crippen LogP contribution in [0.25, 0.3) is 0 Å². The minimum Gasteiger partial charge on any atom is -0.354 e. The summed E-state index contributed by atoms with van der Waals surface area (Å²) >= 11 is 12.3. The van der Waals surface area contributed by atoms with Crippen LogP contribution in [0.15, 0.2) is 72.1 Å². The Labute approximate surface area is 185 Å². The van der Waals surface area contributed by atoms with E-state index < -0.39 is 22.5 Å². The van der Waals surface area contributed by atoms with E-state index in [1.165, 1.54) is 24.3 Å². The minimum atomic E-state index is -4.04. The van der Waals surface area contributed by atoms with Crippen molar-refractivity contribution in [3.05, 3.63) is 77.3 Å². The molecule has 1 aromatic heterocycles. The van der Waals surface area contributed by atoms with E-state index in [1.807, 2.05) is 10.8 Å². The van der Waals surface area contributed by atoms with Gasteiger partial charge in [0.25, 0.3) is 10.0 Å². The van der Waals surface area contributed by atoms with Crippen LogP contribution in [-0.4, -0.2) is 37.0 Å². The van der Waals surface area contributed by atoms with Crippen LogP contribution in [0.5, 0.6) is 0 Å². The Morgan fingerprint density at radius 2 is 1.90 bits per heavy atom. The van der Waals surface area contributed by atoms with E-state index in [4.69, 9.17) is 23.2 Å². The normalized spacial score (nSPS) is 11.3. The van der Waals surface area contributed by atoms with Crippen molar-refractivity contribution in [3.8, 4) is 0 Å². The van der Waals surface area contributed by atoms with E-state index in [0.717, 1.165) is 4.31 Å². The Hall–Kier alpha value is -2.55. The molecule has 0 spiro atoms. The highest BCUT2D eigenvalue weighted by Gasteiger charge is 2.28. The molecule has 1 heterocycles. The fraction of sp³-hybridized carbons (Fsp3) is 0.200. The molecule has 3 rings (SSSR count). The number of carbonyl (C=O) groups excluding carboxylic acids is 1. The van der Waals surface area contributed by atoms with Crippen molar-refractivity contribution in [2.75, 3.05) is 17.4 Å². The Bertz CT molecular complexity index is 1090. The van der Waals surface area contributed by atoms with Crippen LogP contribution in [0.3, 0.4) is 0 Å². The second-order valence-electron chi connectivity index (χ2n) is 6.42. The number of benzene rings is 2. The maximum atomic E-state index is 13.3. The van der Waals surface area contributed by atoms with Gasteiger partial charge in [0.05, 0.1) is 21.9 Å². The molecule has 2 aromatic carbocycles. The van der Waals surface area contributed by atoms with Crippen molar-refractivity contribution in [1.82, 2.24) is 14.9 Å². The Kier molecular flexibility index (Phi) is 7.36. The summed E-state index contributed by atoms with van der Waals surface area (Å²) in [7, 11) is -4.04. The molecule has 0 aliphatic carbocycles. The number of hydrogen-bond acceptors (Lipinski definition) is 4. The second kappa shape index (κ2) is 9.97. The Morgan fingerprint density at radius 1 is 1.13 bits per heavy atom. The molecule has 0 saturated heterocycles. The minimum absolute atomic E-state index is 0.0500. The molecule has 0 aliphatic rings. The van der Waals surface area contributed by atoms with Gasteiger partial charge in [0.2, 0.25) is 5.91 Å². The Balaban J connectivity index is 1.77. The summed E-state index contributed by atoms with van der Waals surface area (Å²) in [5.41, 5.74) is 0.140. The van der Waals surface area contributed by atoms with Crippen LogP contribution in [-0.2, 0) is 21.4 Å². The van der Waals surface area contributed by atoms with Crippen molar-refractivity contribution in [2.24, 2.45) is 0 Å². The summed E-state index contributed by atoms with van der Waals surface area (Å²) in [6, 6.07) is 12.3. The molecular formula is C20H20Cl2N4O3S. The monoisotopic (exact) mass is 466 g/mol. The fourth-order valence-corrected chi connectivity index (χ4v) is 4.68. The first-order valence-corrected chi connectivity index (χ1v) is 11.3. The number of nitrogens with zero attached hydrogens (tertiary/aromatic N) is 3. The molecule has 10 heteroatoms. The number of halogens is 2. The molecular weight excluding hydrogens is 447 g/mol. The summed E-state index contributed by atoms with van der Waals surface area (Å²) in [5, 5.41) is 3.23. The SMILES string of the molecule is O=C(CN(c1cc(Cl)ccc1Cl)S(=O)(=O)c1ccccc1)NCCCn1ccnc1. The number of sulfonamides is 1. The first-order valence-electron chi connectivity index (χ1n) is 9.13. The zero-order valence-electron chi connectivity index (χ0n) is 15.9. The summed E-state index contributed by atoms with van der Waals surface area (Å²) in [6.07, 6.45) is 5.87. The van der Waals surface area contributed by atoms with Crippen LogP contribution in [0, 0.1) is 0 Å². The van der Waals surface area contributed by atoms with E-state index in [9.17, 15) is 13.2 Å². The van der Waals surface area contributed by atoms with Crippen molar-refractivity contribution < 1.29 is 13.2 Å². The summed E-state index contributed by atoms with van der Waals surface area (Å²) in [4.78, 5) is 16.6. The van der Waals surface area contributed by atoms with Crippen LogP contribution in [0.1, 0.15) is 6.42 Å². The van der Waals surface area contributed by atoms with Crippen LogP contribution in [0.2, 0.25) is 10.0 Å². The molecule has 1 amide bonds. The highest BCUT2D eigenvalue weighted by molar-refractivity contribution is 7.92. The van der Waals surface area contributed by atoms with Gasteiger partial charge in [0.15, 0.2) is 0 Å². The average Bonchev–Trinajstić information content (AvgIpc) is 3.25. The number of amides is 1. The van der Waals surface area contributed by atoms with Crippen LogP contribution in [0.4, 0.5) is 5.69 Å².